The molecule has 0 saturated carbocycles. The van der Waals surface area contributed by atoms with Crippen LogP contribution in [0.4, 0.5) is 0 Å². The molecule has 0 bridgehead atoms. The summed E-state index contributed by atoms with van der Waals surface area (Å²) in [7, 11) is 0. The lowest BCUT2D eigenvalue weighted by atomic mass is 10.1. The van der Waals surface area contributed by atoms with Crippen molar-refractivity contribution >= 4 is 0 Å². The van der Waals surface area contributed by atoms with E-state index in [0.29, 0.717) is 6.61 Å². The highest BCUT2D eigenvalue weighted by Gasteiger charge is 2.06. The molecular formula is C16H20N2O. The predicted octanol–water partition coefficient (Wildman–Crippen LogP) is 3.30. The maximum absolute atomic E-state index is 5.87. The zero-order valence-corrected chi connectivity index (χ0v) is 11.7. The van der Waals surface area contributed by atoms with Crippen LogP contribution in [0.2, 0.25) is 0 Å². The van der Waals surface area contributed by atoms with Gasteiger partial charge in [-0.1, -0.05) is 18.2 Å². The van der Waals surface area contributed by atoms with E-state index in [0.717, 1.165) is 28.1 Å². The fraction of sp³-hybridized carbons (Fsp3) is 0.312. The number of benzene rings is 1. The van der Waals surface area contributed by atoms with Gasteiger partial charge in [0.2, 0.25) is 0 Å². The molecule has 3 nitrogen and oxygen atoms in total. The van der Waals surface area contributed by atoms with Crippen molar-refractivity contribution in [1.82, 2.24) is 4.98 Å². The van der Waals surface area contributed by atoms with Crippen LogP contribution in [0.15, 0.2) is 36.5 Å². The van der Waals surface area contributed by atoms with Crippen LogP contribution in [0.25, 0.3) is 0 Å². The number of aryl methyl sites for hydroxylation is 2. The number of nitrogens with zero attached hydrogens (tertiary/aromatic N) is 1. The van der Waals surface area contributed by atoms with Gasteiger partial charge >= 0.3 is 0 Å². The third kappa shape index (κ3) is 3.32. The zero-order valence-electron chi connectivity index (χ0n) is 11.7. The quantitative estimate of drug-likeness (QED) is 0.913. The number of ether oxygens (including phenoxy) is 1. The van der Waals surface area contributed by atoms with Gasteiger partial charge in [-0.2, -0.15) is 0 Å². The summed E-state index contributed by atoms with van der Waals surface area (Å²) in [6.07, 6.45) is 1.79. The highest BCUT2D eigenvalue weighted by atomic mass is 16.5. The summed E-state index contributed by atoms with van der Waals surface area (Å²) in [5.74, 6) is 0.884. The van der Waals surface area contributed by atoms with Crippen molar-refractivity contribution in [2.24, 2.45) is 5.73 Å². The molecule has 0 aliphatic rings. The van der Waals surface area contributed by atoms with Gasteiger partial charge in [-0.3, -0.25) is 4.98 Å². The number of hydrogen-bond acceptors (Lipinski definition) is 3. The number of rotatable bonds is 4. The smallest absolute Gasteiger partial charge is 0.130 e. The molecule has 0 aliphatic carbocycles. The Bertz CT molecular complexity index is 564. The van der Waals surface area contributed by atoms with Crippen molar-refractivity contribution in [3.8, 4) is 5.75 Å². The first-order valence-corrected chi connectivity index (χ1v) is 6.47. The van der Waals surface area contributed by atoms with Crippen LogP contribution in [0, 0.1) is 13.8 Å². The monoisotopic (exact) mass is 256 g/mol. The SMILES string of the molecule is Cc1cc([C@H](C)N)ccc1OCc1ncccc1C. The summed E-state index contributed by atoms with van der Waals surface area (Å²) < 4.78 is 5.84. The molecule has 1 heterocycles. The van der Waals surface area contributed by atoms with Gasteiger partial charge in [0.25, 0.3) is 0 Å². The molecule has 100 valence electrons. The van der Waals surface area contributed by atoms with E-state index in [1.807, 2.05) is 45.0 Å². The van der Waals surface area contributed by atoms with Crippen LogP contribution < -0.4 is 10.5 Å². The molecule has 0 saturated heterocycles. The minimum Gasteiger partial charge on any atom is -0.487 e. The fourth-order valence-corrected chi connectivity index (χ4v) is 1.93. The Hall–Kier alpha value is -1.87. The second-order valence-corrected chi connectivity index (χ2v) is 4.87. The number of aromatic nitrogens is 1. The van der Waals surface area contributed by atoms with E-state index in [-0.39, 0.29) is 6.04 Å². The molecule has 0 spiro atoms. The lowest BCUT2D eigenvalue weighted by molar-refractivity contribution is 0.298. The molecule has 19 heavy (non-hydrogen) atoms. The molecule has 0 radical (unpaired) electrons. The minimum absolute atomic E-state index is 0.0470. The Morgan fingerprint density at radius 3 is 2.63 bits per heavy atom. The van der Waals surface area contributed by atoms with Crippen molar-refractivity contribution in [1.29, 1.82) is 0 Å². The van der Waals surface area contributed by atoms with Gasteiger partial charge in [0.1, 0.15) is 12.4 Å². The number of nitrogens with two attached hydrogens (primary N) is 1. The maximum Gasteiger partial charge on any atom is 0.130 e. The van der Waals surface area contributed by atoms with Crippen LogP contribution >= 0.6 is 0 Å². The fourth-order valence-electron chi connectivity index (χ4n) is 1.93. The summed E-state index contributed by atoms with van der Waals surface area (Å²) in [5.41, 5.74) is 10.2. The second kappa shape index (κ2) is 5.85. The van der Waals surface area contributed by atoms with Gasteiger partial charge in [0, 0.05) is 12.2 Å². The summed E-state index contributed by atoms with van der Waals surface area (Å²) in [4.78, 5) is 4.32. The van der Waals surface area contributed by atoms with Gasteiger partial charge in [-0.25, -0.2) is 0 Å². The van der Waals surface area contributed by atoms with Gasteiger partial charge in [-0.05, 0) is 49.6 Å². The summed E-state index contributed by atoms with van der Waals surface area (Å²) >= 11 is 0. The molecule has 0 aliphatic heterocycles. The van der Waals surface area contributed by atoms with Crippen LogP contribution in [-0.4, -0.2) is 4.98 Å². The summed E-state index contributed by atoms with van der Waals surface area (Å²) in [6, 6.07) is 10.1. The third-order valence-electron chi connectivity index (χ3n) is 3.21. The molecule has 1 atom stereocenters. The first-order valence-electron chi connectivity index (χ1n) is 6.47. The average Bonchev–Trinajstić information content (AvgIpc) is 2.39. The Labute approximate surface area is 114 Å². The van der Waals surface area contributed by atoms with Crippen LogP contribution in [0.3, 0.4) is 0 Å². The first kappa shape index (κ1) is 13.6. The lowest BCUT2D eigenvalue weighted by Gasteiger charge is -2.12. The van der Waals surface area contributed by atoms with Crippen molar-refractivity contribution in [2.75, 3.05) is 0 Å². The lowest BCUT2D eigenvalue weighted by Crippen LogP contribution is -2.06. The number of pyridine rings is 1. The molecule has 0 amide bonds. The standard InChI is InChI=1S/C16H20N2O/c1-11-5-4-8-18-15(11)10-19-16-7-6-14(13(3)17)9-12(16)2/h4-9,13H,10,17H2,1-3H3/t13-/m0/s1. The molecule has 1 aromatic carbocycles. The second-order valence-electron chi connectivity index (χ2n) is 4.87. The Kier molecular flexibility index (Phi) is 4.17. The van der Waals surface area contributed by atoms with Crippen molar-refractivity contribution in [3.05, 3.63) is 58.9 Å². The van der Waals surface area contributed by atoms with Gasteiger partial charge in [0.05, 0.1) is 5.69 Å². The topological polar surface area (TPSA) is 48.1 Å². The van der Waals surface area contributed by atoms with Crippen LogP contribution in [0.1, 0.15) is 35.3 Å². The van der Waals surface area contributed by atoms with Crippen molar-refractivity contribution < 1.29 is 4.74 Å². The molecule has 2 rings (SSSR count). The minimum atomic E-state index is 0.0470. The van der Waals surface area contributed by atoms with E-state index < -0.39 is 0 Å². The van der Waals surface area contributed by atoms with Crippen LogP contribution in [0.5, 0.6) is 5.75 Å². The predicted molar refractivity (Wildman–Crippen MR) is 77.1 cm³/mol. The molecule has 1 aromatic heterocycles. The van der Waals surface area contributed by atoms with E-state index in [2.05, 4.69) is 11.1 Å². The Morgan fingerprint density at radius 1 is 1.21 bits per heavy atom. The number of hydrogen-bond donors (Lipinski definition) is 1. The average molecular weight is 256 g/mol. The van der Waals surface area contributed by atoms with Gasteiger partial charge in [-0.15, -0.1) is 0 Å². The molecule has 0 fully saturated rings. The molecular weight excluding hydrogens is 236 g/mol. The highest BCUT2D eigenvalue weighted by molar-refractivity contribution is 5.37. The normalized spacial score (nSPS) is 12.2. The summed E-state index contributed by atoms with van der Waals surface area (Å²) in [6.45, 7) is 6.54. The van der Waals surface area contributed by atoms with E-state index in [1.54, 1.807) is 6.20 Å². The van der Waals surface area contributed by atoms with Gasteiger partial charge in [0.15, 0.2) is 0 Å². The highest BCUT2D eigenvalue weighted by Crippen LogP contribution is 2.22. The first-order chi connectivity index (χ1) is 9.08. The van der Waals surface area contributed by atoms with E-state index in [1.165, 1.54) is 0 Å². The molecule has 2 aromatic rings. The summed E-state index contributed by atoms with van der Waals surface area (Å²) in [5, 5.41) is 0. The van der Waals surface area contributed by atoms with Crippen molar-refractivity contribution in [2.45, 2.75) is 33.4 Å². The van der Waals surface area contributed by atoms with Gasteiger partial charge < -0.3 is 10.5 Å². The zero-order chi connectivity index (χ0) is 13.8. The Balaban J connectivity index is 2.10. The van der Waals surface area contributed by atoms with E-state index in [4.69, 9.17) is 10.5 Å². The van der Waals surface area contributed by atoms with E-state index in [9.17, 15) is 0 Å². The van der Waals surface area contributed by atoms with E-state index >= 15 is 0 Å². The Morgan fingerprint density at radius 2 is 2.00 bits per heavy atom. The molecule has 3 heteroatoms. The molecule has 2 N–H and O–H groups in total. The molecule has 0 unspecified atom stereocenters. The maximum atomic E-state index is 5.87. The third-order valence-corrected chi connectivity index (χ3v) is 3.21. The largest absolute Gasteiger partial charge is 0.487 e. The van der Waals surface area contributed by atoms with Crippen molar-refractivity contribution in [3.63, 3.8) is 0 Å². The van der Waals surface area contributed by atoms with Crippen LogP contribution in [-0.2, 0) is 6.61 Å².